The molecule has 0 atom stereocenters. The number of hydrogen-bond acceptors (Lipinski definition) is 5. The van der Waals surface area contributed by atoms with Crippen LogP contribution in [0.25, 0.3) is 0 Å². The standard InChI is InChI=1S/C13H14FN3O2S/c1-8(2)12-16-17-13(19-12)15-11(18)7-20-10-5-3-9(14)4-6-10/h3-6,8H,7H2,1-2H3,(H,15,17,18). The van der Waals surface area contributed by atoms with Crippen molar-refractivity contribution >= 4 is 23.7 Å². The van der Waals surface area contributed by atoms with Gasteiger partial charge in [0.2, 0.25) is 11.8 Å². The van der Waals surface area contributed by atoms with Gasteiger partial charge >= 0.3 is 6.01 Å². The Morgan fingerprint density at radius 1 is 1.35 bits per heavy atom. The number of halogens is 1. The SMILES string of the molecule is CC(C)c1nnc(NC(=O)CSc2ccc(F)cc2)o1. The van der Waals surface area contributed by atoms with Crippen LogP contribution in [0, 0.1) is 5.82 Å². The maximum absolute atomic E-state index is 12.7. The van der Waals surface area contributed by atoms with Crippen molar-refractivity contribution in [2.45, 2.75) is 24.7 Å². The highest BCUT2D eigenvalue weighted by Gasteiger charge is 2.12. The number of anilines is 1. The Morgan fingerprint density at radius 3 is 2.65 bits per heavy atom. The van der Waals surface area contributed by atoms with E-state index in [4.69, 9.17) is 4.42 Å². The molecular formula is C13H14FN3O2S. The first-order valence-corrected chi connectivity index (χ1v) is 7.05. The quantitative estimate of drug-likeness (QED) is 0.859. The lowest BCUT2D eigenvalue weighted by Crippen LogP contribution is -2.14. The summed E-state index contributed by atoms with van der Waals surface area (Å²) in [5.41, 5.74) is 0. The number of benzene rings is 1. The number of amides is 1. The molecule has 0 fully saturated rings. The van der Waals surface area contributed by atoms with Crippen LogP contribution in [-0.2, 0) is 4.79 Å². The van der Waals surface area contributed by atoms with Gasteiger partial charge in [0.1, 0.15) is 5.82 Å². The molecule has 7 heteroatoms. The fourth-order valence-electron chi connectivity index (χ4n) is 1.35. The summed E-state index contributed by atoms with van der Waals surface area (Å²) in [6.07, 6.45) is 0. The van der Waals surface area contributed by atoms with Crippen molar-refractivity contribution in [1.29, 1.82) is 0 Å². The third-order valence-electron chi connectivity index (χ3n) is 2.36. The number of carbonyl (C=O) groups is 1. The molecule has 0 radical (unpaired) electrons. The molecule has 2 aromatic rings. The van der Waals surface area contributed by atoms with Gasteiger partial charge in [0.15, 0.2) is 0 Å². The summed E-state index contributed by atoms with van der Waals surface area (Å²) in [4.78, 5) is 12.5. The zero-order valence-electron chi connectivity index (χ0n) is 11.1. The molecule has 0 aliphatic rings. The minimum atomic E-state index is -0.300. The molecule has 106 valence electrons. The Morgan fingerprint density at radius 2 is 2.05 bits per heavy atom. The third-order valence-corrected chi connectivity index (χ3v) is 3.38. The van der Waals surface area contributed by atoms with Gasteiger partial charge in [-0.15, -0.1) is 16.9 Å². The van der Waals surface area contributed by atoms with Gasteiger partial charge in [-0.1, -0.05) is 18.9 Å². The molecule has 2 rings (SSSR count). The molecule has 0 saturated carbocycles. The van der Waals surface area contributed by atoms with E-state index in [9.17, 15) is 9.18 Å². The molecule has 1 amide bonds. The summed E-state index contributed by atoms with van der Waals surface area (Å²) in [5.74, 6) is 0.225. The lowest BCUT2D eigenvalue weighted by atomic mass is 10.2. The topological polar surface area (TPSA) is 68.0 Å². The number of hydrogen-bond donors (Lipinski definition) is 1. The molecule has 1 aromatic carbocycles. The molecule has 0 aliphatic carbocycles. The largest absolute Gasteiger partial charge is 0.408 e. The average Bonchev–Trinajstić information content (AvgIpc) is 2.87. The second-order valence-electron chi connectivity index (χ2n) is 4.39. The monoisotopic (exact) mass is 295 g/mol. The number of thioether (sulfide) groups is 1. The fraction of sp³-hybridized carbons (Fsp3) is 0.308. The smallest absolute Gasteiger partial charge is 0.322 e. The molecule has 0 aliphatic heterocycles. The predicted molar refractivity (Wildman–Crippen MR) is 74.1 cm³/mol. The van der Waals surface area contributed by atoms with Crippen LogP contribution in [0.2, 0.25) is 0 Å². The number of rotatable bonds is 5. The fourth-order valence-corrected chi connectivity index (χ4v) is 2.05. The Kier molecular flexibility index (Phi) is 4.73. The van der Waals surface area contributed by atoms with Gasteiger partial charge in [-0.05, 0) is 24.3 Å². The first-order chi connectivity index (χ1) is 9.54. The van der Waals surface area contributed by atoms with Crippen molar-refractivity contribution in [3.8, 4) is 0 Å². The van der Waals surface area contributed by atoms with E-state index in [1.807, 2.05) is 13.8 Å². The van der Waals surface area contributed by atoms with E-state index < -0.39 is 0 Å². The van der Waals surface area contributed by atoms with E-state index in [1.54, 1.807) is 12.1 Å². The maximum Gasteiger partial charge on any atom is 0.322 e. The first kappa shape index (κ1) is 14.5. The molecule has 0 spiro atoms. The molecule has 5 nitrogen and oxygen atoms in total. The molecule has 1 aromatic heterocycles. The predicted octanol–water partition coefficient (Wildman–Crippen LogP) is 3.06. The van der Waals surface area contributed by atoms with Crippen molar-refractivity contribution in [1.82, 2.24) is 10.2 Å². The van der Waals surface area contributed by atoms with Gasteiger partial charge in [0, 0.05) is 10.8 Å². The van der Waals surface area contributed by atoms with Crippen LogP contribution in [0.3, 0.4) is 0 Å². The van der Waals surface area contributed by atoms with Crippen molar-refractivity contribution in [2.75, 3.05) is 11.1 Å². The second-order valence-corrected chi connectivity index (χ2v) is 5.44. The average molecular weight is 295 g/mol. The van der Waals surface area contributed by atoms with E-state index in [0.29, 0.717) is 5.89 Å². The zero-order valence-corrected chi connectivity index (χ0v) is 11.9. The zero-order chi connectivity index (χ0) is 14.5. The van der Waals surface area contributed by atoms with Crippen molar-refractivity contribution in [3.63, 3.8) is 0 Å². The summed E-state index contributed by atoms with van der Waals surface area (Å²) in [6, 6.07) is 6.05. The van der Waals surface area contributed by atoms with E-state index in [2.05, 4.69) is 15.5 Å². The van der Waals surface area contributed by atoms with Gasteiger partial charge in [-0.25, -0.2) is 4.39 Å². The Bertz CT molecular complexity index is 584. The van der Waals surface area contributed by atoms with Crippen LogP contribution in [0.1, 0.15) is 25.7 Å². The summed E-state index contributed by atoms with van der Waals surface area (Å²) in [5, 5.41) is 10.1. The molecule has 0 bridgehead atoms. The molecule has 1 heterocycles. The van der Waals surface area contributed by atoms with Crippen LogP contribution < -0.4 is 5.32 Å². The molecule has 0 saturated heterocycles. The van der Waals surface area contributed by atoms with E-state index in [0.717, 1.165) is 4.90 Å². The number of nitrogens with zero attached hydrogens (tertiary/aromatic N) is 2. The Hall–Kier alpha value is -1.89. The van der Waals surface area contributed by atoms with Gasteiger partial charge in [-0.2, -0.15) is 0 Å². The van der Waals surface area contributed by atoms with Crippen molar-refractivity contribution in [3.05, 3.63) is 36.0 Å². The third kappa shape index (κ3) is 4.06. The van der Waals surface area contributed by atoms with Crippen LogP contribution in [-0.4, -0.2) is 21.9 Å². The number of nitrogens with one attached hydrogen (secondary N) is 1. The van der Waals surface area contributed by atoms with Crippen LogP contribution >= 0.6 is 11.8 Å². The molecule has 1 N–H and O–H groups in total. The van der Waals surface area contributed by atoms with E-state index >= 15 is 0 Å². The van der Waals surface area contributed by atoms with Crippen molar-refractivity contribution in [2.24, 2.45) is 0 Å². The Balaban J connectivity index is 1.84. The van der Waals surface area contributed by atoms with Crippen LogP contribution in [0.15, 0.2) is 33.6 Å². The van der Waals surface area contributed by atoms with E-state index in [-0.39, 0.29) is 29.4 Å². The number of carbonyl (C=O) groups excluding carboxylic acids is 1. The van der Waals surface area contributed by atoms with E-state index in [1.165, 1.54) is 23.9 Å². The summed E-state index contributed by atoms with van der Waals surface area (Å²) in [6.45, 7) is 3.84. The summed E-state index contributed by atoms with van der Waals surface area (Å²) >= 11 is 1.30. The lowest BCUT2D eigenvalue weighted by molar-refractivity contribution is -0.113. The second kappa shape index (κ2) is 6.51. The molecular weight excluding hydrogens is 281 g/mol. The summed E-state index contributed by atoms with van der Waals surface area (Å²) in [7, 11) is 0. The normalized spacial score (nSPS) is 10.8. The minimum absolute atomic E-state index is 0.0957. The van der Waals surface area contributed by atoms with Gasteiger partial charge < -0.3 is 4.42 Å². The first-order valence-electron chi connectivity index (χ1n) is 6.06. The lowest BCUT2D eigenvalue weighted by Gasteiger charge is -2.01. The van der Waals surface area contributed by atoms with Gasteiger partial charge in [-0.3, -0.25) is 10.1 Å². The van der Waals surface area contributed by atoms with Crippen LogP contribution in [0.5, 0.6) is 0 Å². The molecule has 20 heavy (non-hydrogen) atoms. The summed E-state index contributed by atoms with van der Waals surface area (Å²) < 4.78 is 18.0. The van der Waals surface area contributed by atoms with Crippen molar-refractivity contribution < 1.29 is 13.6 Å². The molecule has 0 unspecified atom stereocenters. The van der Waals surface area contributed by atoms with Crippen LogP contribution in [0.4, 0.5) is 10.4 Å². The van der Waals surface area contributed by atoms with Gasteiger partial charge in [0.25, 0.3) is 0 Å². The Labute approximate surface area is 120 Å². The minimum Gasteiger partial charge on any atom is -0.408 e. The number of aromatic nitrogens is 2. The highest BCUT2D eigenvalue weighted by Crippen LogP contribution is 2.19. The highest BCUT2D eigenvalue weighted by molar-refractivity contribution is 8.00. The maximum atomic E-state index is 12.7. The van der Waals surface area contributed by atoms with Gasteiger partial charge in [0.05, 0.1) is 5.75 Å². The highest BCUT2D eigenvalue weighted by atomic mass is 32.2.